The van der Waals surface area contributed by atoms with E-state index in [1.807, 2.05) is 31.3 Å². The van der Waals surface area contributed by atoms with Gasteiger partial charge in [-0.3, -0.25) is 9.59 Å². The number of aryl methyl sites for hydroxylation is 1. The third-order valence-corrected chi connectivity index (χ3v) is 8.78. The minimum atomic E-state index is -3.40. The van der Waals surface area contributed by atoms with Crippen molar-refractivity contribution in [2.45, 2.75) is 37.5 Å². The Labute approximate surface area is 200 Å². The summed E-state index contributed by atoms with van der Waals surface area (Å²) in [5.74, 6) is -0.0829. The SMILES string of the molecule is CCOC(=O)C1CC12CCN(c1ccc(S(C)(=O)=O)cc1-c1cn(C)c(=O)c3c1C=CC3)CC2. The van der Waals surface area contributed by atoms with E-state index in [1.54, 1.807) is 23.7 Å². The minimum absolute atomic E-state index is 0.00117. The lowest BCUT2D eigenvalue weighted by atomic mass is 9.89. The number of hydrogen-bond acceptors (Lipinski definition) is 6. The second-order valence-corrected chi connectivity index (χ2v) is 11.8. The minimum Gasteiger partial charge on any atom is -0.466 e. The highest BCUT2D eigenvalue weighted by atomic mass is 32.2. The molecule has 2 aliphatic carbocycles. The smallest absolute Gasteiger partial charge is 0.309 e. The van der Waals surface area contributed by atoms with E-state index in [-0.39, 0.29) is 27.8 Å². The van der Waals surface area contributed by atoms with Crippen molar-refractivity contribution in [3.63, 3.8) is 0 Å². The number of hydrogen-bond donors (Lipinski definition) is 0. The number of benzene rings is 1. The molecule has 2 aromatic rings. The Morgan fingerprint density at radius 2 is 1.94 bits per heavy atom. The molecule has 1 saturated carbocycles. The van der Waals surface area contributed by atoms with E-state index >= 15 is 0 Å². The van der Waals surface area contributed by atoms with Crippen LogP contribution in [0.1, 0.15) is 37.3 Å². The van der Waals surface area contributed by atoms with Crippen LogP contribution < -0.4 is 10.5 Å². The van der Waals surface area contributed by atoms with E-state index in [0.717, 1.165) is 60.3 Å². The first-order chi connectivity index (χ1) is 16.1. The number of aromatic nitrogens is 1. The van der Waals surface area contributed by atoms with E-state index in [4.69, 9.17) is 4.74 Å². The largest absolute Gasteiger partial charge is 0.466 e. The van der Waals surface area contributed by atoms with Gasteiger partial charge < -0.3 is 14.2 Å². The topological polar surface area (TPSA) is 85.7 Å². The molecule has 1 spiro atoms. The van der Waals surface area contributed by atoms with Crippen molar-refractivity contribution in [1.82, 2.24) is 4.57 Å². The van der Waals surface area contributed by atoms with Gasteiger partial charge in [-0.2, -0.15) is 0 Å². The number of carbonyl (C=O) groups excluding carboxylic acids is 1. The summed E-state index contributed by atoms with van der Waals surface area (Å²) in [6.07, 6.45) is 10.2. The van der Waals surface area contributed by atoms with Crippen molar-refractivity contribution in [1.29, 1.82) is 0 Å². The van der Waals surface area contributed by atoms with Crippen LogP contribution >= 0.6 is 0 Å². The number of carbonyl (C=O) groups is 1. The Balaban J connectivity index is 1.53. The first kappa shape index (κ1) is 22.9. The van der Waals surface area contributed by atoms with Gasteiger partial charge in [-0.25, -0.2) is 8.42 Å². The summed E-state index contributed by atoms with van der Waals surface area (Å²) in [4.78, 5) is 27.4. The fourth-order valence-corrected chi connectivity index (χ4v) is 6.26. The van der Waals surface area contributed by atoms with Crippen molar-refractivity contribution in [2.24, 2.45) is 18.4 Å². The standard InChI is InChI=1S/C26H30N2O5S/c1-4-33-25(30)22-15-26(22)10-12-28(13-11-26)23-9-8-17(34(3,31)32)14-20(23)21-16-27(2)24(29)19-7-5-6-18(19)21/h5-6,8-9,14,16,22H,4,7,10-13,15H2,1-3H3. The average molecular weight is 483 g/mol. The number of nitrogens with zero attached hydrogens (tertiary/aromatic N) is 2. The maximum absolute atomic E-state index is 12.6. The lowest BCUT2D eigenvalue weighted by molar-refractivity contribution is -0.145. The molecule has 0 radical (unpaired) electrons. The molecule has 5 rings (SSSR count). The van der Waals surface area contributed by atoms with Crippen LogP contribution in [0.3, 0.4) is 0 Å². The lowest BCUT2D eigenvalue weighted by Crippen LogP contribution is -2.36. The molecule has 34 heavy (non-hydrogen) atoms. The summed E-state index contributed by atoms with van der Waals surface area (Å²) in [7, 11) is -1.67. The highest BCUT2D eigenvalue weighted by molar-refractivity contribution is 7.90. The zero-order valence-corrected chi connectivity index (χ0v) is 20.7. The van der Waals surface area contributed by atoms with Crippen molar-refractivity contribution in [3.05, 3.63) is 52.0 Å². The number of allylic oxidation sites excluding steroid dienone is 1. The Morgan fingerprint density at radius 1 is 1.21 bits per heavy atom. The molecule has 1 aromatic carbocycles. The third-order valence-electron chi connectivity index (χ3n) is 7.67. The molecule has 0 bridgehead atoms. The number of ether oxygens (including phenoxy) is 1. The van der Waals surface area contributed by atoms with Crippen LogP contribution in [0.2, 0.25) is 0 Å². The highest BCUT2D eigenvalue weighted by Gasteiger charge is 2.59. The summed E-state index contributed by atoms with van der Waals surface area (Å²) in [6.45, 7) is 3.81. The van der Waals surface area contributed by atoms with Gasteiger partial charge in [0.2, 0.25) is 0 Å². The van der Waals surface area contributed by atoms with Gasteiger partial charge in [0.1, 0.15) is 0 Å². The number of fused-ring (bicyclic) bond motifs is 1. The Bertz CT molecular complexity index is 1360. The number of anilines is 1. The zero-order valence-electron chi connectivity index (χ0n) is 19.8. The molecule has 1 unspecified atom stereocenters. The van der Waals surface area contributed by atoms with E-state index in [0.29, 0.717) is 13.0 Å². The van der Waals surface area contributed by atoms with Gasteiger partial charge in [0, 0.05) is 55.0 Å². The molecule has 7 nitrogen and oxygen atoms in total. The molecule has 1 atom stereocenters. The van der Waals surface area contributed by atoms with Crippen LogP contribution in [0.4, 0.5) is 5.69 Å². The van der Waals surface area contributed by atoms with Crippen LogP contribution in [-0.4, -0.2) is 44.9 Å². The molecular weight excluding hydrogens is 452 g/mol. The summed E-state index contributed by atoms with van der Waals surface area (Å²) >= 11 is 0. The van der Waals surface area contributed by atoms with Gasteiger partial charge in [0.05, 0.1) is 17.4 Å². The Hall–Kier alpha value is -2.87. The van der Waals surface area contributed by atoms with Gasteiger partial charge in [0.15, 0.2) is 9.84 Å². The average Bonchev–Trinajstić information content (AvgIpc) is 3.26. The predicted octanol–water partition coefficient (Wildman–Crippen LogP) is 3.19. The van der Waals surface area contributed by atoms with Gasteiger partial charge in [0.25, 0.3) is 5.56 Å². The van der Waals surface area contributed by atoms with E-state index in [9.17, 15) is 18.0 Å². The summed E-state index contributed by atoms with van der Waals surface area (Å²) in [6, 6.07) is 5.28. The number of sulfone groups is 1. The molecule has 0 amide bonds. The quantitative estimate of drug-likeness (QED) is 0.609. The van der Waals surface area contributed by atoms with E-state index in [1.165, 1.54) is 6.26 Å². The number of pyridine rings is 1. The van der Waals surface area contributed by atoms with Crippen LogP contribution in [-0.2, 0) is 32.8 Å². The Morgan fingerprint density at radius 3 is 2.62 bits per heavy atom. The molecule has 0 N–H and O–H groups in total. The monoisotopic (exact) mass is 482 g/mol. The van der Waals surface area contributed by atoms with E-state index in [2.05, 4.69) is 4.90 Å². The van der Waals surface area contributed by atoms with Gasteiger partial charge in [-0.05, 0) is 61.8 Å². The molecule has 2 fully saturated rings. The fourth-order valence-electron chi connectivity index (χ4n) is 5.62. The first-order valence-electron chi connectivity index (χ1n) is 11.8. The number of piperidine rings is 1. The molecule has 2 heterocycles. The summed E-state index contributed by atoms with van der Waals surface area (Å²) in [5, 5.41) is 0. The van der Waals surface area contributed by atoms with Crippen molar-refractivity contribution in [2.75, 3.05) is 30.9 Å². The molecule has 1 aromatic heterocycles. The van der Waals surface area contributed by atoms with Crippen molar-refractivity contribution in [3.8, 4) is 11.1 Å². The second-order valence-electron chi connectivity index (χ2n) is 9.77. The molecule has 8 heteroatoms. The zero-order chi connectivity index (χ0) is 24.3. The first-order valence-corrected chi connectivity index (χ1v) is 13.7. The van der Waals surface area contributed by atoms with Crippen LogP contribution in [0, 0.1) is 11.3 Å². The molecule has 1 saturated heterocycles. The fraction of sp³-hybridized carbons (Fsp3) is 0.462. The van der Waals surface area contributed by atoms with E-state index < -0.39 is 9.84 Å². The van der Waals surface area contributed by atoms with Crippen molar-refractivity contribution >= 4 is 27.6 Å². The number of esters is 1. The molecule has 1 aliphatic heterocycles. The maximum Gasteiger partial charge on any atom is 0.309 e. The summed E-state index contributed by atoms with van der Waals surface area (Å²) in [5.41, 5.74) is 4.25. The van der Waals surface area contributed by atoms with Crippen LogP contribution in [0.5, 0.6) is 0 Å². The molecule has 3 aliphatic rings. The van der Waals surface area contributed by atoms with Gasteiger partial charge >= 0.3 is 5.97 Å². The number of rotatable bonds is 5. The second kappa shape index (κ2) is 8.12. The Kier molecular flexibility index (Phi) is 5.47. The van der Waals surface area contributed by atoms with Crippen LogP contribution in [0.25, 0.3) is 17.2 Å². The molecular formula is C26H30N2O5S. The van der Waals surface area contributed by atoms with Gasteiger partial charge in [-0.1, -0.05) is 12.2 Å². The third kappa shape index (κ3) is 3.78. The molecule has 180 valence electrons. The van der Waals surface area contributed by atoms with Gasteiger partial charge in [-0.15, -0.1) is 0 Å². The van der Waals surface area contributed by atoms with Crippen molar-refractivity contribution < 1.29 is 17.9 Å². The highest BCUT2D eigenvalue weighted by Crippen LogP contribution is 2.60. The predicted molar refractivity (Wildman–Crippen MR) is 132 cm³/mol. The normalized spacial score (nSPS) is 20.4. The van der Waals surface area contributed by atoms with Crippen LogP contribution in [0.15, 0.2) is 40.2 Å². The summed E-state index contributed by atoms with van der Waals surface area (Å²) < 4.78 is 31.6. The lowest BCUT2D eigenvalue weighted by Gasteiger charge is -2.36. The maximum atomic E-state index is 12.6.